The van der Waals surface area contributed by atoms with Crippen LogP contribution in [-0.4, -0.2) is 12.1 Å². The number of ether oxygens (including phenoxy) is 2. The SMILES string of the molecule is COc1ccc(Br)c2c1Oc1nc(N)c(C#N)c(N)c1C2. The monoisotopic (exact) mass is 346 g/mol. The highest BCUT2D eigenvalue weighted by atomic mass is 79.9. The zero-order valence-electron chi connectivity index (χ0n) is 11.1. The van der Waals surface area contributed by atoms with E-state index in [-0.39, 0.29) is 11.4 Å². The molecule has 1 aromatic heterocycles. The third-order valence-electron chi connectivity index (χ3n) is 3.38. The molecule has 21 heavy (non-hydrogen) atoms. The van der Waals surface area contributed by atoms with Gasteiger partial charge in [-0.15, -0.1) is 0 Å². The number of hydrogen-bond donors (Lipinski definition) is 2. The third kappa shape index (κ3) is 1.96. The maximum atomic E-state index is 9.11. The second kappa shape index (κ2) is 4.82. The van der Waals surface area contributed by atoms with Crippen LogP contribution < -0.4 is 20.9 Å². The van der Waals surface area contributed by atoms with Crippen LogP contribution in [0.2, 0.25) is 0 Å². The van der Waals surface area contributed by atoms with Crippen LogP contribution in [-0.2, 0) is 6.42 Å². The highest BCUT2D eigenvalue weighted by Crippen LogP contribution is 2.46. The van der Waals surface area contributed by atoms with Crippen LogP contribution in [0.15, 0.2) is 16.6 Å². The molecule has 1 aromatic carbocycles. The Hall–Kier alpha value is -2.46. The van der Waals surface area contributed by atoms with Crippen LogP contribution in [0.1, 0.15) is 16.7 Å². The molecule has 0 fully saturated rings. The largest absolute Gasteiger partial charge is 0.493 e. The summed E-state index contributed by atoms with van der Waals surface area (Å²) in [7, 11) is 1.57. The molecule has 2 heterocycles. The molecule has 0 amide bonds. The third-order valence-corrected chi connectivity index (χ3v) is 4.12. The minimum absolute atomic E-state index is 0.0613. The van der Waals surface area contributed by atoms with E-state index in [1.165, 1.54) is 0 Å². The Morgan fingerprint density at radius 2 is 2.14 bits per heavy atom. The number of nitrogens with zero attached hydrogens (tertiary/aromatic N) is 2. The average Bonchev–Trinajstić information content (AvgIpc) is 2.47. The minimum atomic E-state index is 0.0613. The van der Waals surface area contributed by atoms with Gasteiger partial charge in [0.25, 0.3) is 0 Å². The van der Waals surface area contributed by atoms with Gasteiger partial charge in [0.15, 0.2) is 11.5 Å². The fraction of sp³-hybridized carbons (Fsp3) is 0.143. The van der Waals surface area contributed by atoms with Gasteiger partial charge in [-0.2, -0.15) is 10.2 Å². The molecule has 0 aliphatic carbocycles. The lowest BCUT2D eigenvalue weighted by Gasteiger charge is -2.24. The zero-order chi connectivity index (χ0) is 15.1. The van der Waals surface area contributed by atoms with Crippen molar-refractivity contribution in [1.82, 2.24) is 4.98 Å². The zero-order valence-corrected chi connectivity index (χ0v) is 12.7. The summed E-state index contributed by atoms with van der Waals surface area (Å²) in [4.78, 5) is 4.13. The van der Waals surface area contributed by atoms with Gasteiger partial charge in [0, 0.05) is 22.0 Å². The molecule has 0 saturated carbocycles. The standard InChI is InChI=1S/C14H11BrN4O2/c1-20-10-3-2-9(15)6-4-7-11(17)8(5-16)13(18)19-14(7)21-12(6)10/h2-3H,4H2,1H3,(H4,17,18,19). The van der Waals surface area contributed by atoms with E-state index in [1.807, 2.05) is 12.1 Å². The molecule has 2 aromatic rings. The smallest absolute Gasteiger partial charge is 0.227 e. The Morgan fingerprint density at radius 1 is 1.38 bits per heavy atom. The van der Waals surface area contributed by atoms with E-state index in [0.29, 0.717) is 35.1 Å². The van der Waals surface area contributed by atoms with Crippen molar-refractivity contribution in [2.24, 2.45) is 0 Å². The lowest BCUT2D eigenvalue weighted by atomic mass is 9.99. The summed E-state index contributed by atoms with van der Waals surface area (Å²) in [6.45, 7) is 0. The molecule has 0 radical (unpaired) electrons. The molecule has 3 rings (SSSR count). The number of nitrogen functional groups attached to an aromatic ring is 2. The van der Waals surface area contributed by atoms with Gasteiger partial charge in [0.05, 0.1) is 12.8 Å². The summed E-state index contributed by atoms with van der Waals surface area (Å²) in [5, 5.41) is 9.11. The molecule has 1 aliphatic heterocycles. The minimum Gasteiger partial charge on any atom is -0.493 e. The Kier molecular flexibility index (Phi) is 3.11. The fourth-order valence-corrected chi connectivity index (χ4v) is 2.76. The van der Waals surface area contributed by atoms with E-state index < -0.39 is 0 Å². The summed E-state index contributed by atoms with van der Waals surface area (Å²) in [6, 6.07) is 5.64. The molecule has 0 spiro atoms. The van der Waals surface area contributed by atoms with E-state index in [4.69, 9.17) is 26.2 Å². The first-order valence-electron chi connectivity index (χ1n) is 6.08. The predicted octanol–water partition coefficient (Wildman–Crippen LogP) is 2.59. The van der Waals surface area contributed by atoms with E-state index >= 15 is 0 Å². The Bertz CT molecular complexity index is 799. The second-order valence-corrected chi connectivity index (χ2v) is 5.37. The van der Waals surface area contributed by atoms with Crippen LogP contribution >= 0.6 is 15.9 Å². The van der Waals surface area contributed by atoms with Crippen LogP contribution in [0.3, 0.4) is 0 Å². The Balaban J connectivity index is 2.22. The molecule has 0 atom stereocenters. The van der Waals surface area contributed by atoms with Crippen molar-refractivity contribution >= 4 is 27.4 Å². The number of rotatable bonds is 1. The Labute approximate surface area is 129 Å². The average molecular weight is 347 g/mol. The van der Waals surface area contributed by atoms with Gasteiger partial charge < -0.3 is 20.9 Å². The number of methoxy groups -OCH3 is 1. The highest BCUT2D eigenvalue weighted by molar-refractivity contribution is 9.10. The molecule has 6 nitrogen and oxygen atoms in total. The Morgan fingerprint density at radius 3 is 2.81 bits per heavy atom. The number of pyridine rings is 1. The summed E-state index contributed by atoms with van der Waals surface area (Å²) >= 11 is 3.49. The maximum Gasteiger partial charge on any atom is 0.227 e. The van der Waals surface area contributed by atoms with E-state index in [2.05, 4.69) is 20.9 Å². The van der Waals surface area contributed by atoms with E-state index in [9.17, 15) is 0 Å². The number of nitrogens with two attached hydrogens (primary N) is 2. The molecular formula is C14H11BrN4O2. The van der Waals surface area contributed by atoms with Crippen molar-refractivity contribution in [3.05, 3.63) is 33.3 Å². The van der Waals surface area contributed by atoms with Crippen LogP contribution in [0.4, 0.5) is 11.5 Å². The van der Waals surface area contributed by atoms with Crippen molar-refractivity contribution in [2.75, 3.05) is 18.6 Å². The lowest BCUT2D eigenvalue weighted by Crippen LogP contribution is -2.12. The topological polar surface area (TPSA) is 107 Å². The quantitative estimate of drug-likeness (QED) is 0.701. The molecule has 0 bridgehead atoms. The van der Waals surface area contributed by atoms with Gasteiger partial charge in [-0.25, -0.2) is 0 Å². The number of halogens is 1. The van der Waals surface area contributed by atoms with Crippen LogP contribution in [0.5, 0.6) is 17.4 Å². The van der Waals surface area contributed by atoms with Gasteiger partial charge in [-0.1, -0.05) is 15.9 Å². The number of fused-ring (bicyclic) bond motifs is 2. The molecular weight excluding hydrogens is 336 g/mol. The summed E-state index contributed by atoms with van der Waals surface area (Å²) in [6.07, 6.45) is 0.482. The van der Waals surface area contributed by atoms with Gasteiger partial charge in [0.1, 0.15) is 17.5 Å². The molecule has 0 saturated heterocycles. The van der Waals surface area contributed by atoms with Crippen LogP contribution in [0, 0.1) is 11.3 Å². The van der Waals surface area contributed by atoms with E-state index in [1.54, 1.807) is 13.2 Å². The number of nitriles is 1. The summed E-state index contributed by atoms with van der Waals surface area (Å²) in [5.41, 5.74) is 13.8. The van der Waals surface area contributed by atoms with Crippen molar-refractivity contribution in [2.45, 2.75) is 6.42 Å². The van der Waals surface area contributed by atoms with Gasteiger partial charge in [-0.3, -0.25) is 0 Å². The number of anilines is 2. The van der Waals surface area contributed by atoms with Crippen LogP contribution in [0.25, 0.3) is 0 Å². The van der Waals surface area contributed by atoms with Crippen molar-refractivity contribution in [1.29, 1.82) is 5.26 Å². The fourth-order valence-electron chi connectivity index (χ4n) is 2.30. The van der Waals surface area contributed by atoms with Crippen molar-refractivity contribution < 1.29 is 9.47 Å². The number of benzene rings is 1. The first kappa shape index (κ1) is 13.5. The normalized spacial score (nSPS) is 11.9. The summed E-state index contributed by atoms with van der Waals surface area (Å²) in [5.74, 6) is 1.55. The number of aromatic nitrogens is 1. The predicted molar refractivity (Wildman–Crippen MR) is 81.4 cm³/mol. The highest BCUT2D eigenvalue weighted by Gasteiger charge is 2.27. The van der Waals surface area contributed by atoms with E-state index in [0.717, 1.165) is 10.0 Å². The summed E-state index contributed by atoms with van der Waals surface area (Å²) < 4.78 is 12.0. The molecule has 1 aliphatic rings. The van der Waals surface area contributed by atoms with Gasteiger partial charge in [-0.05, 0) is 12.1 Å². The first-order valence-corrected chi connectivity index (χ1v) is 6.87. The maximum absolute atomic E-state index is 9.11. The van der Waals surface area contributed by atoms with Gasteiger partial charge in [0.2, 0.25) is 5.88 Å². The molecule has 7 heteroatoms. The van der Waals surface area contributed by atoms with Crippen molar-refractivity contribution in [3.8, 4) is 23.4 Å². The molecule has 4 N–H and O–H groups in total. The second-order valence-electron chi connectivity index (χ2n) is 4.52. The first-order chi connectivity index (χ1) is 10.1. The van der Waals surface area contributed by atoms with Gasteiger partial charge >= 0.3 is 0 Å². The van der Waals surface area contributed by atoms with Crippen molar-refractivity contribution in [3.63, 3.8) is 0 Å². The lowest BCUT2D eigenvalue weighted by molar-refractivity contribution is 0.365. The molecule has 106 valence electrons. The number of hydrogen-bond acceptors (Lipinski definition) is 6. The molecule has 0 unspecified atom stereocenters.